The molecule has 25 heavy (non-hydrogen) atoms. The highest BCUT2D eigenvalue weighted by Gasteiger charge is 2.15. The Bertz CT molecular complexity index is 744. The Hall–Kier alpha value is -2.49. The van der Waals surface area contributed by atoms with E-state index in [2.05, 4.69) is 34.8 Å². The second-order valence-electron chi connectivity index (χ2n) is 6.60. The van der Waals surface area contributed by atoms with Crippen molar-refractivity contribution in [3.8, 4) is 0 Å². The predicted octanol–water partition coefficient (Wildman–Crippen LogP) is 5.03. The Morgan fingerprint density at radius 1 is 0.960 bits per heavy atom. The highest BCUT2D eigenvalue weighted by atomic mass is 19.1. The summed E-state index contributed by atoms with van der Waals surface area (Å²) in [7, 11) is 0. The molecule has 0 saturated heterocycles. The van der Waals surface area contributed by atoms with Gasteiger partial charge in [-0.2, -0.15) is 5.10 Å². The molecule has 4 heteroatoms. The molecule has 2 aromatic rings. The van der Waals surface area contributed by atoms with Crippen molar-refractivity contribution in [3.05, 3.63) is 71.0 Å². The molecule has 1 N–H and O–H groups in total. The fourth-order valence-corrected chi connectivity index (χ4v) is 3.30. The summed E-state index contributed by atoms with van der Waals surface area (Å²) in [6.45, 7) is 1.86. The van der Waals surface area contributed by atoms with Gasteiger partial charge in [-0.15, -0.1) is 0 Å². The number of carbonyl (C=O) groups excluding carboxylic acids is 1. The number of rotatable bonds is 4. The van der Waals surface area contributed by atoms with Gasteiger partial charge in [-0.3, -0.25) is 4.79 Å². The van der Waals surface area contributed by atoms with Gasteiger partial charge in [-0.05, 0) is 61.1 Å². The summed E-state index contributed by atoms with van der Waals surface area (Å²) in [5, 5.41) is 4.16. The van der Waals surface area contributed by atoms with Gasteiger partial charge in [0.1, 0.15) is 5.82 Å². The number of hydrazone groups is 1. The summed E-state index contributed by atoms with van der Waals surface area (Å²) in [6.07, 6.45) is 6.55. The number of benzene rings is 2. The monoisotopic (exact) mass is 338 g/mol. The van der Waals surface area contributed by atoms with Gasteiger partial charge < -0.3 is 0 Å². The average molecular weight is 338 g/mol. The first-order chi connectivity index (χ1) is 12.1. The van der Waals surface area contributed by atoms with E-state index >= 15 is 0 Å². The Labute approximate surface area is 148 Å². The first-order valence-corrected chi connectivity index (χ1v) is 8.84. The summed E-state index contributed by atoms with van der Waals surface area (Å²) < 4.78 is 12.9. The van der Waals surface area contributed by atoms with Crippen molar-refractivity contribution in [2.24, 2.45) is 5.10 Å². The number of nitrogens with zero attached hydrogens (tertiary/aromatic N) is 1. The summed E-state index contributed by atoms with van der Waals surface area (Å²) in [4.78, 5) is 12.0. The van der Waals surface area contributed by atoms with Gasteiger partial charge in [0, 0.05) is 5.56 Å². The van der Waals surface area contributed by atoms with Crippen LogP contribution in [-0.2, 0) is 0 Å². The van der Waals surface area contributed by atoms with E-state index < -0.39 is 0 Å². The second-order valence-corrected chi connectivity index (χ2v) is 6.60. The van der Waals surface area contributed by atoms with Crippen LogP contribution in [0.5, 0.6) is 0 Å². The Morgan fingerprint density at radius 3 is 2.20 bits per heavy atom. The molecule has 3 nitrogen and oxygen atoms in total. The zero-order valence-corrected chi connectivity index (χ0v) is 14.5. The molecule has 2 aromatic carbocycles. The highest BCUT2D eigenvalue weighted by molar-refractivity contribution is 6.00. The van der Waals surface area contributed by atoms with Crippen molar-refractivity contribution < 1.29 is 9.18 Å². The van der Waals surface area contributed by atoms with Crippen LogP contribution in [0.2, 0.25) is 0 Å². The van der Waals surface area contributed by atoms with Crippen molar-refractivity contribution in [1.29, 1.82) is 0 Å². The van der Waals surface area contributed by atoms with Crippen LogP contribution in [0.4, 0.5) is 4.39 Å². The van der Waals surface area contributed by atoms with E-state index in [4.69, 9.17) is 0 Å². The largest absolute Gasteiger partial charge is 0.271 e. The van der Waals surface area contributed by atoms with Gasteiger partial charge in [-0.1, -0.05) is 43.5 Å². The van der Waals surface area contributed by atoms with Crippen LogP contribution in [0.25, 0.3) is 0 Å². The maximum atomic E-state index is 12.9. The summed E-state index contributed by atoms with van der Waals surface area (Å²) in [5.41, 5.74) is 6.02. The zero-order chi connectivity index (χ0) is 17.6. The molecule has 0 atom stereocenters. The number of carbonyl (C=O) groups is 1. The number of hydrogen-bond acceptors (Lipinski definition) is 2. The summed E-state index contributed by atoms with van der Waals surface area (Å²) in [5.74, 6) is -0.0364. The molecular formula is C21H23FN2O. The lowest BCUT2D eigenvalue weighted by Gasteiger charge is -2.22. The van der Waals surface area contributed by atoms with Crippen molar-refractivity contribution in [2.75, 3.05) is 0 Å². The third-order valence-corrected chi connectivity index (χ3v) is 4.84. The number of hydrogen-bond donors (Lipinski definition) is 1. The molecule has 1 aliphatic rings. The molecule has 0 radical (unpaired) electrons. The lowest BCUT2D eigenvalue weighted by atomic mass is 9.84. The van der Waals surface area contributed by atoms with Crippen molar-refractivity contribution in [2.45, 2.75) is 44.9 Å². The third kappa shape index (κ3) is 4.53. The van der Waals surface area contributed by atoms with Crippen molar-refractivity contribution >= 4 is 11.6 Å². The minimum Gasteiger partial charge on any atom is -0.267 e. The van der Waals surface area contributed by atoms with Crippen LogP contribution in [0, 0.1) is 5.82 Å². The maximum absolute atomic E-state index is 12.9. The van der Waals surface area contributed by atoms with Gasteiger partial charge in [0.25, 0.3) is 5.91 Å². The number of halogens is 1. The molecule has 3 rings (SSSR count). The fraction of sp³-hybridized carbons (Fsp3) is 0.333. The second kappa shape index (κ2) is 8.06. The first kappa shape index (κ1) is 17.3. The molecule has 0 aromatic heterocycles. The van der Waals surface area contributed by atoms with Gasteiger partial charge in [-0.25, -0.2) is 9.82 Å². The number of amides is 1. The van der Waals surface area contributed by atoms with Crippen LogP contribution in [0.1, 0.15) is 66.4 Å². The molecule has 1 amide bonds. The maximum Gasteiger partial charge on any atom is 0.271 e. The van der Waals surface area contributed by atoms with E-state index in [1.807, 2.05) is 6.92 Å². The van der Waals surface area contributed by atoms with E-state index in [0.29, 0.717) is 11.5 Å². The topological polar surface area (TPSA) is 41.5 Å². The minimum absolute atomic E-state index is 0.349. The van der Waals surface area contributed by atoms with Crippen LogP contribution in [0.15, 0.2) is 53.6 Å². The predicted molar refractivity (Wildman–Crippen MR) is 98.3 cm³/mol. The molecule has 0 unspecified atom stereocenters. The average Bonchev–Trinajstić information content (AvgIpc) is 2.67. The van der Waals surface area contributed by atoms with E-state index in [-0.39, 0.29) is 11.7 Å². The first-order valence-electron chi connectivity index (χ1n) is 8.84. The van der Waals surface area contributed by atoms with Crippen LogP contribution < -0.4 is 5.43 Å². The van der Waals surface area contributed by atoms with E-state index in [9.17, 15) is 9.18 Å². The Kier molecular flexibility index (Phi) is 5.59. The smallest absolute Gasteiger partial charge is 0.267 e. The zero-order valence-electron chi connectivity index (χ0n) is 14.5. The summed E-state index contributed by atoms with van der Waals surface area (Å²) in [6, 6.07) is 13.9. The molecule has 0 bridgehead atoms. The molecule has 130 valence electrons. The Balaban J connectivity index is 1.63. The van der Waals surface area contributed by atoms with Gasteiger partial charge >= 0.3 is 0 Å². The number of nitrogens with one attached hydrogen (secondary N) is 1. The van der Waals surface area contributed by atoms with Crippen LogP contribution >= 0.6 is 0 Å². The van der Waals surface area contributed by atoms with Gasteiger partial charge in [0.2, 0.25) is 0 Å². The molecular weight excluding hydrogens is 315 g/mol. The van der Waals surface area contributed by atoms with Crippen LogP contribution in [0.3, 0.4) is 0 Å². The standard InChI is InChI=1S/C21H23FN2O/c1-15(23-24-21(25)19-11-13-20(22)14-12-19)16-7-9-18(10-8-16)17-5-3-2-4-6-17/h7-14,17H,2-6H2,1H3,(H,24,25). The normalized spacial score (nSPS) is 15.8. The van der Waals surface area contributed by atoms with E-state index in [1.165, 1.54) is 61.9 Å². The molecule has 1 saturated carbocycles. The molecule has 1 fully saturated rings. The Morgan fingerprint density at radius 2 is 1.56 bits per heavy atom. The molecule has 1 aliphatic carbocycles. The SMILES string of the molecule is CC(=NNC(=O)c1ccc(F)cc1)c1ccc(C2CCCCC2)cc1. The molecule has 0 heterocycles. The van der Waals surface area contributed by atoms with Gasteiger partial charge in [0.05, 0.1) is 5.71 Å². The molecule has 0 aliphatic heterocycles. The third-order valence-electron chi connectivity index (χ3n) is 4.84. The van der Waals surface area contributed by atoms with E-state index in [0.717, 1.165) is 11.3 Å². The molecule has 0 spiro atoms. The minimum atomic E-state index is -0.366. The lowest BCUT2D eigenvalue weighted by Crippen LogP contribution is -2.19. The lowest BCUT2D eigenvalue weighted by molar-refractivity contribution is 0.0955. The van der Waals surface area contributed by atoms with E-state index in [1.54, 1.807) is 0 Å². The fourth-order valence-electron chi connectivity index (χ4n) is 3.30. The van der Waals surface area contributed by atoms with Gasteiger partial charge in [0.15, 0.2) is 0 Å². The van der Waals surface area contributed by atoms with Crippen molar-refractivity contribution in [3.63, 3.8) is 0 Å². The highest BCUT2D eigenvalue weighted by Crippen LogP contribution is 2.32. The van der Waals surface area contributed by atoms with Crippen LogP contribution in [-0.4, -0.2) is 11.6 Å². The quantitative estimate of drug-likeness (QED) is 0.617. The summed E-state index contributed by atoms with van der Waals surface area (Å²) >= 11 is 0. The van der Waals surface area contributed by atoms with Crippen molar-refractivity contribution in [1.82, 2.24) is 5.43 Å².